The third-order valence-electron chi connectivity index (χ3n) is 4.27. The predicted molar refractivity (Wildman–Crippen MR) is 81.2 cm³/mol. The van der Waals surface area contributed by atoms with Gasteiger partial charge in [-0.2, -0.15) is 0 Å². The monoisotopic (exact) mass is 254 g/mol. The number of hydrogen-bond donors (Lipinski definition) is 1. The molecule has 0 saturated carbocycles. The van der Waals surface area contributed by atoms with Gasteiger partial charge in [0, 0.05) is 11.5 Å². The lowest BCUT2D eigenvalue weighted by Gasteiger charge is -2.36. The minimum Gasteiger partial charge on any atom is -0.322 e. The van der Waals surface area contributed by atoms with Gasteiger partial charge in [-0.15, -0.1) is 0 Å². The predicted octanol–water partition coefficient (Wildman–Crippen LogP) is 3.49. The molecule has 0 spiro atoms. The molecule has 1 aliphatic heterocycles. The van der Waals surface area contributed by atoms with Gasteiger partial charge in [0.2, 0.25) is 0 Å². The van der Waals surface area contributed by atoms with E-state index in [0.29, 0.717) is 0 Å². The van der Waals surface area contributed by atoms with Crippen LogP contribution >= 0.6 is 0 Å². The molecular weight excluding hydrogens is 231 g/mol. The first-order valence-corrected chi connectivity index (χ1v) is 7.15. The van der Waals surface area contributed by atoms with Crippen molar-refractivity contribution < 1.29 is 0 Å². The Bertz CT molecular complexity index is 498. The van der Waals surface area contributed by atoms with Crippen molar-refractivity contribution in [3.05, 3.63) is 35.4 Å². The Kier molecular flexibility index (Phi) is 3.74. The molecule has 1 saturated heterocycles. The molecule has 1 aliphatic rings. The van der Waals surface area contributed by atoms with E-state index in [1.165, 1.54) is 11.1 Å². The van der Waals surface area contributed by atoms with Crippen molar-refractivity contribution in [2.45, 2.75) is 57.2 Å². The van der Waals surface area contributed by atoms with Gasteiger partial charge < -0.3 is 5.73 Å². The van der Waals surface area contributed by atoms with Crippen LogP contribution in [0.15, 0.2) is 24.3 Å². The van der Waals surface area contributed by atoms with Crippen LogP contribution in [0.2, 0.25) is 12.6 Å². The van der Waals surface area contributed by atoms with E-state index in [0.717, 1.165) is 25.5 Å². The molecular formula is C16H23BN2. The summed E-state index contributed by atoms with van der Waals surface area (Å²) in [5.41, 5.74) is 8.93. The van der Waals surface area contributed by atoms with Crippen LogP contribution in [0.3, 0.4) is 0 Å². The van der Waals surface area contributed by atoms with Crippen LogP contribution in [-0.4, -0.2) is 6.71 Å². The molecule has 0 radical (unpaired) electrons. The van der Waals surface area contributed by atoms with Gasteiger partial charge in [0.1, 0.15) is 0 Å². The molecule has 0 bridgehead atoms. The largest absolute Gasteiger partial charge is 0.322 e. The molecule has 1 unspecified atom stereocenters. The third kappa shape index (κ3) is 3.01. The smallest absolute Gasteiger partial charge is 0.270 e. The van der Waals surface area contributed by atoms with Crippen LogP contribution in [0.1, 0.15) is 44.7 Å². The molecule has 100 valence electrons. The fourth-order valence-electron chi connectivity index (χ4n) is 2.98. The van der Waals surface area contributed by atoms with E-state index >= 15 is 0 Å². The van der Waals surface area contributed by atoms with Crippen LogP contribution in [0.4, 0.5) is 0 Å². The van der Waals surface area contributed by atoms with E-state index in [2.05, 4.69) is 51.0 Å². The van der Waals surface area contributed by atoms with Gasteiger partial charge in [-0.3, -0.25) is 0 Å². The highest BCUT2D eigenvalue weighted by Gasteiger charge is 2.36. The van der Waals surface area contributed by atoms with Crippen molar-refractivity contribution in [3.63, 3.8) is 0 Å². The molecule has 0 aromatic heterocycles. The molecule has 1 aromatic rings. The second-order valence-corrected chi connectivity index (χ2v) is 6.91. The standard InChI is InChI=1S/C16H23BN2/c1-15(2,3)13-6-4-7-14(10-13)16(19)8-5-9-17(11-16)12-18/h4,6-7,10H,5,8-9,11,19H2,1-3H3. The molecule has 19 heavy (non-hydrogen) atoms. The van der Waals surface area contributed by atoms with Gasteiger partial charge in [-0.1, -0.05) is 57.8 Å². The summed E-state index contributed by atoms with van der Waals surface area (Å²) >= 11 is 0. The first-order valence-electron chi connectivity index (χ1n) is 7.15. The van der Waals surface area contributed by atoms with Gasteiger partial charge >= 0.3 is 0 Å². The summed E-state index contributed by atoms with van der Waals surface area (Å²) in [7, 11) is 0. The molecule has 1 heterocycles. The maximum Gasteiger partial charge on any atom is 0.270 e. The highest BCUT2D eigenvalue weighted by atomic mass is 14.7. The summed E-state index contributed by atoms with van der Waals surface area (Å²) in [6, 6.07) is 8.62. The first kappa shape index (κ1) is 14.2. The summed E-state index contributed by atoms with van der Waals surface area (Å²) in [5, 5.41) is 9.15. The second-order valence-electron chi connectivity index (χ2n) is 6.91. The maximum absolute atomic E-state index is 9.15. The Morgan fingerprint density at radius 2 is 2.11 bits per heavy atom. The summed E-state index contributed by atoms with van der Waals surface area (Å²) < 4.78 is 0. The second kappa shape index (κ2) is 5.02. The summed E-state index contributed by atoms with van der Waals surface area (Å²) in [6.45, 7) is 6.76. The summed E-state index contributed by atoms with van der Waals surface area (Å²) in [4.78, 5) is 0. The number of nitrogens with two attached hydrogens (primary N) is 1. The lowest BCUT2D eigenvalue weighted by molar-refractivity contribution is 0.424. The lowest BCUT2D eigenvalue weighted by atomic mass is 9.39. The minimum atomic E-state index is -0.320. The van der Waals surface area contributed by atoms with E-state index in [4.69, 9.17) is 11.0 Å². The van der Waals surface area contributed by atoms with Crippen molar-refractivity contribution in [2.75, 3.05) is 0 Å². The number of nitrogens with zero attached hydrogens (tertiary/aromatic N) is 1. The molecule has 2 rings (SSSR count). The normalized spacial score (nSPS) is 24.1. The molecule has 0 aliphatic carbocycles. The first-order chi connectivity index (χ1) is 8.85. The van der Waals surface area contributed by atoms with Gasteiger partial charge in [0.15, 0.2) is 0 Å². The highest BCUT2D eigenvalue weighted by molar-refractivity contribution is 6.67. The molecule has 1 atom stereocenters. The van der Waals surface area contributed by atoms with Crippen molar-refractivity contribution in [1.82, 2.24) is 0 Å². The lowest BCUT2D eigenvalue weighted by Crippen LogP contribution is -2.43. The zero-order valence-corrected chi connectivity index (χ0v) is 12.2. The number of nitriles is 1. The Labute approximate surface area is 117 Å². The number of hydrogen-bond acceptors (Lipinski definition) is 2. The summed E-state index contributed by atoms with van der Waals surface area (Å²) in [5.74, 6) is 2.39. The highest BCUT2D eigenvalue weighted by Crippen LogP contribution is 2.37. The quantitative estimate of drug-likeness (QED) is 0.780. The SMILES string of the molecule is CC(C)(C)c1cccc(C2(N)CCCB(C#N)C2)c1. The zero-order chi connectivity index (χ0) is 14.1. The fourth-order valence-corrected chi connectivity index (χ4v) is 2.98. The van der Waals surface area contributed by atoms with E-state index < -0.39 is 0 Å². The Hall–Kier alpha value is -1.27. The van der Waals surface area contributed by atoms with Gasteiger partial charge in [0.05, 0.1) is 0 Å². The van der Waals surface area contributed by atoms with Crippen molar-refractivity contribution in [2.24, 2.45) is 5.73 Å². The third-order valence-corrected chi connectivity index (χ3v) is 4.27. The molecule has 3 heteroatoms. The van der Waals surface area contributed by atoms with Crippen LogP contribution in [0.5, 0.6) is 0 Å². The van der Waals surface area contributed by atoms with E-state index in [-0.39, 0.29) is 17.7 Å². The topological polar surface area (TPSA) is 49.8 Å². The fraction of sp³-hybridized carbons (Fsp3) is 0.562. The average molecular weight is 254 g/mol. The van der Waals surface area contributed by atoms with E-state index in [1.807, 2.05) is 0 Å². The van der Waals surface area contributed by atoms with Crippen molar-refractivity contribution in [1.29, 1.82) is 5.26 Å². The molecule has 1 aromatic carbocycles. The average Bonchev–Trinajstić information content (AvgIpc) is 2.38. The van der Waals surface area contributed by atoms with Crippen molar-refractivity contribution in [3.8, 4) is 5.97 Å². The Morgan fingerprint density at radius 3 is 2.74 bits per heavy atom. The zero-order valence-electron chi connectivity index (χ0n) is 12.2. The van der Waals surface area contributed by atoms with Crippen LogP contribution in [0.25, 0.3) is 0 Å². The van der Waals surface area contributed by atoms with E-state index in [1.54, 1.807) is 0 Å². The van der Waals surface area contributed by atoms with Gasteiger partial charge in [-0.05, 0) is 29.3 Å². The van der Waals surface area contributed by atoms with Gasteiger partial charge in [-0.25, -0.2) is 5.26 Å². The van der Waals surface area contributed by atoms with Crippen molar-refractivity contribution >= 4 is 6.71 Å². The maximum atomic E-state index is 9.15. The van der Waals surface area contributed by atoms with Crippen LogP contribution < -0.4 is 5.73 Å². The molecule has 2 N–H and O–H groups in total. The van der Waals surface area contributed by atoms with Crippen LogP contribution in [-0.2, 0) is 11.0 Å². The molecule has 0 amide bonds. The van der Waals surface area contributed by atoms with E-state index in [9.17, 15) is 0 Å². The van der Waals surface area contributed by atoms with Crippen LogP contribution in [0, 0.1) is 11.2 Å². The Morgan fingerprint density at radius 1 is 1.37 bits per heavy atom. The van der Waals surface area contributed by atoms with Gasteiger partial charge in [0.25, 0.3) is 6.71 Å². The minimum absolute atomic E-state index is 0.108. The number of benzene rings is 1. The molecule has 2 nitrogen and oxygen atoms in total. The summed E-state index contributed by atoms with van der Waals surface area (Å²) in [6.07, 6.45) is 3.82. The Balaban J connectivity index is 2.33. The number of rotatable bonds is 1. The molecule has 1 fully saturated rings.